The van der Waals surface area contributed by atoms with Crippen LogP contribution in [0.4, 0.5) is 0 Å². The summed E-state index contributed by atoms with van der Waals surface area (Å²) in [6.07, 6.45) is 2.07. The zero-order valence-corrected chi connectivity index (χ0v) is 9.05. The van der Waals surface area contributed by atoms with E-state index >= 15 is 0 Å². The molecule has 0 radical (unpaired) electrons. The lowest BCUT2D eigenvalue weighted by Gasteiger charge is -2.08. The van der Waals surface area contributed by atoms with Crippen LogP contribution in [-0.4, -0.2) is 12.6 Å². The minimum Gasteiger partial charge on any atom is -0.465 e. The normalized spacial score (nSPS) is 13.1. The molecule has 14 heavy (non-hydrogen) atoms. The number of aryl methyl sites for hydroxylation is 1. The molecule has 0 bridgehead atoms. The second-order valence-corrected chi connectivity index (χ2v) is 3.65. The molecule has 0 spiro atoms. The molecule has 1 unspecified atom stereocenters. The van der Waals surface area contributed by atoms with Crippen molar-refractivity contribution >= 4 is 0 Å². The molecule has 1 aromatic heterocycles. The highest BCUT2D eigenvalue weighted by atomic mass is 16.3. The molecule has 0 aliphatic heterocycles. The lowest BCUT2D eigenvalue weighted by molar-refractivity contribution is 0.454. The number of nitrogens with one attached hydrogen (secondary N) is 1. The van der Waals surface area contributed by atoms with Gasteiger partial charge in [-0.2, -0.15) is 0 Å². The molecule has 0 aliphatic rings. The molecule has 80 valence electrons. The van der Waals surface area contributed by atoms with Gasteiger partial charge in [0.2, 0.25) is 0 Å². The SMILES string of the molecule is CCC(N)CCNCc1ccc(C)o1. The molecule has 3 N–H and O–H groups in total. The first-order valence-electron chi connectivity index (χ1n) is 5.24. The molecule has 3 nitrogen and oxygen atoms in total. The van der Waals surface area contributed by atoms with Gasteiger partial charge in [0.1, 0.15) is 11.5 Å². The van der Waals surface area contributed by atoms with Crippen LogP contribution < -0.4 is 11.1 Å². The summed E-state index contributed by atoms with van der Waals surface area (Å²) < 4.78 is 5.42. The first kappa shape index (κ1) is 11.3. The predicted octanol–water partition coefficient (Wildman–Crippen LogP) is 1.81. The molecule has 0 aliphatic carbocycles. The van der Waals surface area contributed by atoms with Crippen LogP contribution in [0.1, 0.15) is 31.3 Å². The predicted molar refractivity (Wildman–Crippen MR) is 58.0 cm³/mol. The Kier molecular flexibility index (Phi) is 4.70. The summed E-state index contributed by atoms with van der Waals surface area (Å²) in [5.74, 6) is 1.96. The standard InChI is InChI=1S/C11H20N2O/c1-3-10(12)6-7-13-8-11-5-4-9(2)14-11/h4-5,10,13H,3,6-8,12H2,1-2H3. The Labute approximate surface area is 85.7 Å². The van der Waals surface area contributed by atoms with Crippen LogP contribution in [0.5, 0.6) is 0 Å². The van der Waals surface area contributed by atoms with Crippen LogP contribution in [0.2, 0.25) is 0 Å². The van der Waals surface area contributed by atoms with E-state index in [0.717, 1.165) is 37.5 Å². The molecule has 0 amide bonds. The number of nitrogens with two attached hydrogens (primary N) is 1. The van der Waals surface area contributed by atoms with Crippen LogP contribution in [0.15, 0.2) is 16.5 Å². The van der Waals surface area contributed by atoms with Crippen molar-refractivity contribution in [3.63, 3.8) is 0 Å². The van der Waals surface area contributed by atoms with E-state index in [0.29, 0.717) is 6.04 Å². The number of hydrogen-bond donors (Lipinski definition) is 2. The first-order valence-corrected chi connectivity index (χ1v) is 5.24. The van der Waals surface area contributed by atoms with Crippen LogP contribution in [0.25, 0.3) is 0 Å². The van der Waals surface area contributed by atoms with Gasteiger partial charge in [-0.1, -0.05) is 6.92 Å². The largest absolute Gasteiger partial charge is 0.465 e. The third-order valence-electron chi connectivity index (χ3n) is 2.31. The van der Waals surface area contributed by atoms with E-state index < -0.39 is 0 Å². The van der Waals surface area contributed by atoms with Crippen molar-refractivity contribution in [3.05, 3.63) is 23.7 Å². The maximum absolute atomic E-state index is 5.79. The maximum atomic E-state index is 5.79. The van der Waals surface area contributed by atoms with Crippen LogP contribution in [0.3, 0.4) is 0 Å². The summed E-state index contributed by atoms with van der Waals surface area (Å²) in [4.78, 5) is 0. The van der Waals surface area contributed by atoms with Gasteiger partial charge in [0, 0.05) is 6.04 Å². The number of rotatable bonds is 6. The van der Waals surface area contributed by atoms with Crippen molar-refractivity contribution in [2.45, 2.75) is 39.3 Å². The Bertz CT molecular complexity index is 258. The fraction of sp³-hybridized carbons (Fsp3) is 0.636. The fourth-order valence-electron chi connectivity index (χ4n) is 1.28. The molecule has 0 aromatic carbocycles. The molecule has 0 fully saturated rings. The van der Waals surface area contributed by atoms with Gasteiger partial charge in [-0.05, 0) is 38.4 Å². The number of hydrogen-bond acceptors (Lipinski definition) is 3. The van der Waals surface area contributed by atoms with E-state index in [1.807, 2.05) is 19.1 Å². The second-order valence-electron chi connectivity index (χ2n) is 3.65. The van der Waals surface area contributed by atoms with Crippen LogP contribution in [0, 0.1) is 6.92 Å². The summed E-state index contributed by atoms with van der Waals surface area (Å²) in [7, 11) is 0. The molecular weight excluding hydrogens is 176 g/mol. The molecular formula is C11H20N2O. The lowest BCUT2D eigenvalue weighted by Crippen LogP contribution is -2.25. The Morgan fingerprint density at radius 3 is 2.86 bits per heavy atom. The topological polar surface area (TPSA) is 51.2 Å². The molecule has 1 heterocycles. The summed E-state index contributed by atoms with van der Waals surface area (Å²) >= 11 is 0. The quantitative estimate of drug-likeness (QED) is 0.682. The Balaban J connectivity index is 2.10. The number of furan rings is 1. The van der Waals surface area contributed by atoms with Crippen molar-refractivity contribution in [1.82, 2.24) is 5.32 Å². The smallest absolute Gasteiger partial charge is 0.117 e. The average Bonchev–Trinajstić information content (AvgIpc) is 2.58. The highest BCUT2D eigenvalue weighted by Gasteiger charge is 2.00. The summed E-state index contributed by atoms with van der Waals surface area (Å²) in [6.45, 7) is 5.82. The van der Waals surface area contributed by atoms with E-state index in [-0.39, 0.29) is 0 Å². The van der Waals surface area contributed by atoms with Gasteiger partial charge < -0.3 is 15.5 Å². The summed E-state index contributed by atoms with van der Waals surface area (Å²) in [5.41, 5.74) is 5.79. The van der Waals surface area contributed by atoms with Gasteiger partial charge in [0.15, 0.2) is 0 Å². The zero-order chi connectivity index (χ0) is 10.4. The van der Waals surface area contributed by atoms with Gasteiger partial charge in [0.05, 0.1) is 6.54 Å². The maximum Gasteiger partial charge on any atom is 0.117 e. The van der Waals surface area contributed by atoms with Crippen molar-refractivity contribution in [2.75, 3.05) is 6.54 Å². The van der Waals surface area contributed by atoms with Crippen LogP contribution in [-0.2, 0) is 6.54 Å². The molecule has 1 aromatic rings. The minimum atomic E-state index is 0.320. The first-order chi connectivity index (χ1) is 6.72. The van der Waals surface area contributed by atoms with Crippen molar-refractivity contribution in [3.8, 4) is 0 Å². The van der Waals surface area contributed by atoms with E-state index in [2.05, 4.69) is 12.2 Å². The molecule has 1 atom stereocenters. The minimum absolute atomic E-state index is 0.320. The molecule has 1 rings (SSSR count). The Morgan fingerprint density at radius 1 is 1.50 bits per heavy atom. The zero-order valence-electron chi connectivity index (χ0n) is 9.05. The average molecular weight is 196 g/mol. The van der Waals surface area contributed by atoms with E-state index in [1.54, 1.807) is 0 Å². The van der Waals surface area contributed by atoms with Gasteiger partial charge >= 0.3 is 0 Å². The van der Waals surface area contributed by atoms with E-state index in [9.17, 15) is 0 Å². The van der Waals surface area contributed by atoms with Crippen molar-refractivity contribution in [2.24, 2.45) is 5.73 Å². The van der Waals surface area contributed by atoms with Crippen LogP contribution >= 0.6 is 0 Å². The lowest BCUT2D eigenvalue weighted by atomic mass is 10.2. The van der Waals surface area contributed by atoms with E-state index in [1.165, 1.54) is 0 Å². The second kappa shape index (κ2) is 5.83. The monoisotopic (exact) mass is 196 g/mol. The Morgan fingerprint density at radius 2 is 2.29 bits per heavy atom. The molecule has 0 saturated carbocycles. The van der Waals surface area contributed by atoms with Crippen molar-refractivity contribution < 1.29 is 4.42 Å². The highest BCUT2D eigenvalue weighted by molar-refractivity contribution is 5.04. The summed E-state index contributed by atoms with van der Waals surface area (Å²) in [6, 6.07) is 4.30. The van der Waals surface area contributed by atoms with Gasteiger partial charge in [-0.3, -0.25) is 0 Å². The van der Waals surface area contributed by atoms with Gasteiger partial charge in [-0.15, -0.1) is 0 Å². The van der Waals surface area contributed by atoms with Gasteiger partial charge in [-0.25, -0.2) is 0 Å². The van der Waals surface area contributed by atoms with Crippen molar-refractivity contribution in [1.29, 1.82) is 0 Å². The third-order valence-corrected chi connectivity index (χ3v) is 2.31. The Hall–Kier alpha value is -0.800. The fourth-order valence-corrected chi connectivity index (χ4v) is 1.28. The third kappa shape index (κ3) is 3.94. The molecule has 3 heteroatoms. The highest BCUT2D eigenvalue weighted by Crippen LogP contribution is 2.05. The van der Waals surface area contributed by atoms with Gasteiger partial charge in [0.25, 0.3) is 0 Å². The van der Waals surface area contributed by atoms with E-state index in [4.69, 9.17) is 10.2 Å². The molecule has 0 saturated heterocycles. The summed E-state index contributed by atoms with van der Waals surface area (Å²) in [5, 5.41) is 3.31.